The van der Waals surface area contributed by atoms with Crippen LogP contribution < -0.4 is 5.32 Å². The number of piperidine rings is 1. The highest BCUT2D eigenvalue weighted by molar-refractivity contribution is 9.10. The van der Waals surface area contributed by atoms with E-state index in [9.17, 15) is 22.8 Å². The SMILES string of the molecule is O=C(CCc1ccc(Br)cc1)NCC1CCN(C(=O)C(F)(F)F)CC1. The fraction of sp³-hybridized carbons (Fsp3) is 0.529. The van der Waals surface area contributed by atoms with Gasteiger partial charge in [-0.05, 0) is 42.9 Å². The summed E-state index contributed by atoms with van der Waals surface area (Å²) in [5.41, 5.74) is 1.07. The Balaban J connectivity index is 1.66. The first kappa shape index (κ1) is 19.8. The quantitative estimate of drug-likeness (QED) is 0.794. The van der Waals surface area contributed by atoms with Crippen LogP contribution in [0, 0.1) is 5.92 Å². The largest absolute Gasteiger partial charge is 0.471 e. The number of hydrogen-bond acceptors (Lipinski definition) is 2. The maximum absolute atomic E-state index is 12.4. The molecule has 138 valence electrons. The molecule has 0 aromatic heterocycles. The summed E-state index contributed by atoms with van der Waals surface area (Å²) < 4.78 is 38.1. The maximum Gasteiger partial charge on any atom is 0.471 e. The molecule has 0 atom stereocenters. The molecule has 2 rings (SSSR count). The minimum atomic E-state index is -4.81. The van der Waals surface area contributed by atoms with Crippen LogP contribution in [-0.4, -0.2) is 42.5 Å². The lowest BCUT2D eigenvalue weighted by atomic mass is 9.96. The Morgan fingerprint density at radius 1 is 1.16 bits per heavy atom. The van der Waals surface area contributed by atoms with E-state index >= 15 is 0 Å². The van der Waals surface area contributed by atoms with Crippen LogP contribution in [0.1, 0.15) is 24.8 Å². The molecule has 1 aromatic rings. The second kappa shape index (κ2) is 8.69. The van der Waals surface area contributed by atoms with Gasteiger partial charge in [-0.25, -0.2) is 0 Å². The fourth-order valence-electron chi connectivity index (χ4n) is 2.77. The zero-order valence-corrected chi connectivity index (χ0v) is 15.2. The summed E-state index contributed by atoms with van der Waals surface area (Å²) in [6, 6.07) is 7.74. The molecule has 8 heteroatoms. The first-order valence-electron chi connectivity index (χ1n) is 8.13. The summed E-state index contributed by atoms with van der Waals surface area (Å²) in [7, 11) is 0. The number of alkyl halides is 3. The number of likely N-dealkylation sites (tertiary alicyclic amines) is 1. The number of benzene rings is 1. The van der Waals surface area contributed by atoms with Crippen molar-refractivity contribution in [1.82, 2.24) is 10.2 Å². The predicted molar refractivity (Wildman–Crippen MR) is 90.8 cm³/mol. The Labute approximate surface area is 152 Å². The van der Waals surface area contributed by atoms with E-state index in [1.54, 1.807) is 0 Å². The molecule has 0 radical (unpaired) electrons. The van der Waals surface area contributed by atoms with Gasteiger partial charge in [-0.15, -0.1) is 0 Å². The average molecular weight is 421 g/mol. The number of nitrogens with zero attached hydrogens (tertiary/aromatic N) is 1. The molecule has 1 N–H and O–H groups in total. The topological polar surface area (TPSA) is 49.4 Å². The zero-order chi connectivity index (χ0) is 18.4. The average Bonchev–Trinajstić information content (AvgIpc) is 2.58. The fourth-order valence-corrected chi connectivity index (χ4v) is 3.04. The molecule has 0 saturated carbocycles. The highest BCUT2D eigenvalue weighted by atomic mass is 79.9. The second-order valence-electron chi connectivity index (χ2n) is 6.16. The predicted octanol–water partition coefficient (Wildman–Crippen LogP) is 3.30. The lowest BCUT2D eigenvalue weighted by molar-refractivity contribution is -0.186. The molecular formula is C17H20BrF3N2O2. The van der Waals surface area contributed by atoms with E-state index in [1.165, 1.54) is 0 Å². The molecular weight excluding hydrogens is 401 g/mol. The number of amides is 2. The molecule has 0 unspecified atom stereocenters. The lowest BCUT2D eigenvalue weighted by Crippen LogP contribution is -2.46. The summed E-state index contributed by atoms with van der Waals surface area (Å²) >= 11 is 3.35. The van der Waals surface area contributed by atoms with Crippen LogP contribution >= 0.6 is 15.9 Å². The van der Waals surface area contributed by atoms with Crippen LogP contribution in [0.5, 0.6) is 0 Å². The number of carbonyl (C=O) groups is 2. The highest BCUT2D eigenvalue weighted by Crippen LogP contribution is 2.23. The van der Waals surface area contributed by atoms with Gasteiger partial charge in [0.1, 0.15) is 0 Å². The van der Waals surface area contributed by atoms with Crippen LogP contribution in [0.25, 0.3) is 0 Å². The summed E-state index contributed by atoms with van der Waals surface area (Å²) in [6.07, 6.45) is -2.87. The zero-order valence-electron chi connectivity index (χ0n) is 13.6. The summed E-state index contributed by atoms with van der Waals surface area (Å²) in [4.78, 5) is 23.9. The summed E-state index contributed by atoms with van der Waals surface area (Å²) in [5, 5.41) is 2.83. The van der Waals surface area contributed by atoms with Gasteiger partial charge >= 0.3 is 12.1 Å². The minimum absolute atomic E-state index is 0.0725. The molecule has 1 aliphatic rings. The third-order valence-electron chi connectivity index (χ3n) is 4.29. The first-order chi connectivity index (χ1) is 11.8. The van der Waals surface area contributed by atoms with Crippen LogP contribution in [0.15, 0.2) is 28.7 Å². The van der Waals surface area contributed by atoms with E-state index in [0.717, 1.165) is 14.9 Å². The van der Waals surface area contributed by atoms with Crippen LogP contribution in [-0.2, 0) is 16.0 Å². The van der Waals surface area contributed by atoms with Gasteiger partial charge in [-0.3, -0.25) is 9.59 Å². The summed E-state index contributed by atoms with van der Waals surface area (Å²) in [6.45, 7) is 0.600. The van der Waals surface area contributed by atoms with Gasteiger partial charge in [0.15, 0.2) is 0 Å². The van der Waals surface area contributed by atoms with Crippen molar-refractivity contribution in [2.24, 2.45) is 5.92 Å². The molecule has 4 nitrogen and oxygen atoms in total. The smallest absolute Gasteiger partial charge is 0.356 e. The minimum Gasteiger partial charge on any atom is -0.356 e. The Bertz CT molecular complexity index is 597. The Kier molecular flexibility index (Phi) is 6.87. The number of halogens is 4. The number of aryl methyl sites for hydroxylation is 1. The Morgan fingerprint density at radius 3 is 2.32 bits per heavy atom. The van der Waals surface area contributed by atoms with Crippen LogP contribution in [0.3, 0.4) is 0 Å². The van der Waals surface area contributed by atoms with Crippen molar-refractivity contribution in [2.45, 2.75) is 31.9 Å². The molecule has 0 bridgehead atoms. The van der Waals surface area contributed by atoms with Crippen molar-refractivity contribution < 1.29 is 22.8 Å². The van der Waals surface area contributed by atoms with E-state index in [-0.39, 0.29) is 24.9 Å². The van der Waals surface area contributed by atoms with Gasteiger partial charge in [0.25, 0.3) is 0 Å². The van der Waals surface area contributed by atoms with Gasteiger partial charge in [0, 0.05) is 30.5 Å². The molecule has 2 amide bonds. The number of rotatable bonds is 5. The van der Waals surface area contributed by atoms with Crippen molar-refractivity contribution in [3.63, 3.8) is 0 Å². The standard InChI is InChI=1S/C17H20BrF3N2O2/c18-14-4-1-12(2-5-14)3-6-15(24)22-11-13-7-9-23(10-8-13)16(25)17(19,20)21/h1-2,4-5,13H,3,6-11H2,(H,22,24). The van der Waals surface area contributed by atoms with Crippen molar-refractivity contribution in [1.29, 1.82) is 0 Å². The van der Waals surface area contributed by atoms with Crippen LogP contribution in [0.2, 0.25) is 0 Å². The van der Waals surface area contributed by atoms with E-state index in [2.05, 4.69) is 21.2 Å². The van der Waals surface area contributed by atoms with Crippen molar-refractivity contribution in [3.05, 3.63) is 34.3 Å². The van der Waals surface area contributed by atoms with Gasteiger partial charge in [0.2, 0.25) is 5.91 Å². The third-order valence-corrected chi connectivity index (χ3v) is 4.81. The van der Waals surface area contributed by atoms with E-state index in [1.807, 2.05) is 24.3 Å². The Hall–Kier alpha value is -1.57. The Morgan fingerprint density at radius 2 is 1.76 bits per heavy atom. The molecule has 1 saturated heterocycles. The normalized spacial score (nSPS) is 15.9. The molecule has 25 heavy (non-hydrogen) atoms. The molecule has 0 aliphatic carbocycles. The van der Waals surface area contributed by atoms with Gasteiger partial charge < -0.3 is 10.2 Å². The van der Waals surface area contributed by atoms with Gasteiger partial charge in [-0.2, -0.15) is 13.2 Å². The van der Waals surface area contributed by atoms with Crippen molar-refractivity contribution >= 4 is 27.7 Å². The lowest BCUT2D eigenvalue weighted by Gasteiger charge is -2.32. The number of hydrogen-bond donors (Lipinski definition) is 1. The third kappa shape index (κ3) is 6.34. The van der Waals surface area contributed by atoms with Crippen LogP contribution in [0.4, 0.5) is 13.2 Å². The van der Waals surface area contributed by atoms with E-state index in [4.69, 9.17) is 0 Å². The van der Waals surface area contributed by atoms with Gasteiger partial charge in [0.05, 0.1) is 0 Å². The van der Waals surface area contributed by atoms with Crippen molar-refractivity contribution in [3.8, 4) is 0 Å². The second-order valence-corrected chi connectivity index (χ2v) is 7.08. The first-order valence-corrected chi connectivity index (χ1v) is 8.92. The molecule has 1 aromatic carbocycles. The van der Waals surface area contributed by atoms with Gasteiger partial charge in [-0.1, -0.05) is 28.1 Å². The maximum atomic E-state index is 12.4. The number of carbonyl (C=O) groups excluding carboxylic acids is 2. The molecule has 0 spiro atoms. The molecule has 1 heterocycles. The van der Waals surface area contributed by atoms with E-state index in [0.29, 0.717) is 32.2 Å². The molecule has 1 aliphatic heterocycles. The summed E-state index contributed by atoms with van der Waals surface area (Å²) in [5.74, 6) is -1.74. The van der Waals surface area contributed by atoms with E-state index < -0.39 is 12.1 Å². The number of nitrogens with one attached hydrogen (secondary N) is 1. The highest BCUT2D eigenvalue weighted by Gasteiger charge is 2.43. The monoisotopic (exact) mass is 420 g/mol. The van der Waals surface area contributed by atoms with Crippen molar-refractivity contribution in [2.75, 3.05) is 19.6 Å². The molecule has 1 fully saturated rings.